The molecule has 1 aromatic carbocycles. The van der Waals surface area contributed by atoms with E-state index in [1.165, 1.54) is 0 Å². The molecule has 2 aromatic heterocycles. The second-order valence-corrected chi connectivity index (χ2v) is 10.7. The third-order valence-electron chi connectivity index (χ3n) is 7.09. The molecule has 1 fully saturated rings. The minimum Gasteiger partial charge on any atom is -0.493 e. The average Bonchev–Trinajstić information content (AvgIpc) is 3.41. The summed E-state index contributed by atoms with van der Waals surface area (Å²) in [6.07, 6.45) is 6.26. The minimum atomic E-state index is -0.577. The number of carbonyl (C=O) groups is 1. The van der Waals surface area contributed by atoms with Gasteiger partial charge in [-0.1, -0.05) is 13.8 Å². The van der Waals surface area contributed by atoms with Crippen LogP contribution < -0.4 is 10.2 Å². The number of hydrogen-bond acceptors (Lipinski definition) is 7. The molecule has 8 heteroatoms. The van der Waals surface area contributed by atoms with Gasteiger partial charge < -0.3 is 18.8 Å². The number of fused-ring (bicyclic) bond motifs is 3. The third-order valence-corrected chi connectivity index (χ3v) is 7.90. The molecular formula is C28H32N2O5S. The topological polar surface area (TPSA) is 79.7 Å². The van der Waals surface area contributed by atoms with E-state index in [4.69, 9.17) is 14.2 Å². The van der Waals surface area contributed by atoms with Crippen LogP contribution in [0.5, 0.6) is 5.75 Å². The lowest BCUT2D eigenvalue weighted by atomic mass is 9.86. The SMILES string of the molecule is CCOC(=O)c1cn2c(cc1=O)-c1cc(-c3nccs3)c(OCC3CCOCC3)cc1CC2C(C)C. The third kappa shape index (κ3) is 4.84. The molecule has 0 amide bonds. The number of hydrogen-bond donors (Lipinski definition) is 0. The van der Waals surface area contributed by atoms with Crippen molar-refractivity contribution in [1.82, 2.24) is 9.55 Å². The van der Waals surface area contributed by atoms with Crippen molar-refractivity contribution >= 4 is 17.3 Å². The van der Waals surface area contributed by atoms with E-state index in [0.29, 0.717) is 18.4 Å². The molecule has 2 aliphatic rings. The molecule has 0 radical (unpaired) electrons. The molecule has 3 aromatic rings. The number of nitrogens with zero attached hydrogens (tertiary/aromatic N) is 2. The fraction of sp³-hybridized carbons (Fsp3) is 0.464. The van der Waals surface area contributed by atoms with Crippen LogP contribution in [0.15, 0.2) is 40.8 Å². The van der Waals surface area contributed by atoms with Crippen molar-refractivity contribution in [2.24, 2.45) is 11.8 Å². The van der Waals surface area contributed by atoms with Crippen molar-refractivity contribution in [2.75, 3.05) is 26.4 Å². The Labute approximate surface area is 215 Å². The number of esters is 1. The summed E-state index contributed by atoms with van der Waals surface area (Å²) in [6, 6.07) is 5.90. The van der Waals surface area contributed by atoms with Gasteiger partial charge in [0.15, 0.2) is 5.43 Å². The summed E-state index contributed by atoms with van der Waals surface area (Å²) in [7, 11) is 0. The molecule has 1 atom stereocenters. The molecule has 1 saturated heterocycles. The zero-order valence-electron chi connectivity index (χ0n) is 21.0. The van der Waals surface area contributed by atoms with Gasteiger partial charge in [0, 0.05) is 48.7 Å². The summed E-state index contributed by atoms with van der Waals surface area (Å²) in [5, 5.41) is 2.83. The van der Waals surface area contributed by atoms with Gasteiger partial charge >= 0.3 is 5.97 Å². The van der Waals surface area contributed by atoms with Gasteiger partial charge in [0.05, 0.1) is 24.5 Å². The Kier molecular flexibility index (Phi) is 7.25. The molecule has 0 aliphatic carbocycles. The van der Waals surface area contributed by atoms with Crippen LogP contribution in [0, 0.1) is 11.8 Å². The first-order chi connectivity index (χ1) is 17.5. The number of aromatic nitrogens is 2. The van der Waals surface area contributed by atoms with Gasteiger partial charge in [-0.15, -0.1) is 11.3 Å². The molecule has 0 spiro atoms. The summed E-state index contributed by atoms with van der Waals surface area (Å²) in [6.45, 7) is 8.50. The zero-order valence-corrected chi connectivity index (χ0v) is 21.8. The van der Waals surface area contributed by atoms with Crippen molar-refractivity contribution < 1.29 is 19.0 Å². The summed E-state index contributed by atoms with van der Waals surface area (Å²) in [5.74, 6) is 1.02. The van der Waals surface area contributed by atoms with Crippen molar-refractivity contribution in [3.05, 3.63) is 57.3 Å². The van der Waals surface area contributed by atoms with Gasteiger partial charge in [-0.2, -0.15) is 0 Å². The minimum absolute atomic E-state index is 0.0752. The van der Waals surface area contributed by atoms with E-state index in [1.807, 2.05) is 5.38 Å². The molecule has 7 nitrogen and oxygen atoms in total. The normalized spacial score (nSPS) is 17.5. The maximum atomic E-state index is 13.0. The van der Waals surface area contributed by atoms with Gasteiger partial charge in [-0.25, -0.2) is 9.78 Å². The van der Waals surface area contributed by atoms with Crippen LogP contribution in [0.3, 0.4) is 0 Å². The van der Waals surface area contributed by atoms with Crippen molar-refractivity contribution in [2.45, 2.75) is 46.1 Å². The summed E-state index contributed by atoms with van der Waals surface area (Å²) in [5.41, 5.74) is 3.59. The number of benzene rings is 1. The largest absolute Gasteiger partial charge is 0.493 e. The lowest BCUT2D eigenvalue weighted by Gasteiger charge is -2.34. The predicted octanol–water partition coefficient (Wildman–Crippen LogP) is 5.37. The molecule has 0 bridgehead atoms. The molecule has 0 saturated carbocycles. The lowest BCUT2D eigenvalue weighted by Crippen LogP contribution is -2.28. The first kappa shape index (κ1) is 24.7. The molecule has 0 N–H and O–H groups in total. The van der Waals surface area contributed by atoms with Crippen molar-refractivity contribution in [3.8, 4) is 27.6 Å². The second-order valence-electron chi connectivity index (χ2n) is 9.79. The highest BCUT2D eigenvalue weighted by Gasteiger charge is 2.30. The Morgan fingerprint density at radius 2 is 2.03 bits per heavy atom. The predicted molar refractivity (Wildman–Crippen MR) is 140 cm³/mol. The first-order valence-electron chi connectivity index (χ1n) is 12.7. The number of thiazole rings is 1. The van der Waals surface area contributed by atoms with E-state index in [1.54, 1.807) is 36.7 Å². The summed E-state index contributed by atoms with van der Waals surface area (Å²) < 4.78 is 19.2. The van der Waals surface area contributed by atoms with Crippen LogP contribution in [0.1, 0.15) is 55.6 Å². The Morgan fingerprint density at radius 3 is 2.72 bits per heavy atom. The number of rotatable bonds is 7. The van der Waals surface area contributed by atoms with Crippen molar-refractivity contribution in [1.29, 1.82) is 0 Å². The van der Waals surface area contributed by atoms with Crippen LogP contribution in [0.25, 0.3) is 21.8 Å². The Hall–Kier alpha value is -2.97. The number of ether oxygens (including phenoxy) is 3. The standard InChI is InChI=1S/C28H32N2O5S/c1-4-34-28(32)22-15-30-23(17(2)3)11-19-12-26(35-16-18-5-8-33-9-6-18)21(27-29-7-10-36-27)13-20(19)24(30)14-25(22)31/h7,10,12-15,17-18,23H,4-6,8-9,11,16H2,1-3H3. The van der Waals surface area contributed by atoms with Gasteiger partial charge in [0.1, 0.15) is 16.3 Å². The quantitative estimate of drug-likeness (QED) is 0.399. The second kappa shape index (κ2) is 10.6. The number of pyridine rings is 1. The van der Waals surface area contributed by atoms with Gasteiger partial charge in [-0.05, 0) is 55.7 Å². The molecule has 2 aliphatic heterocycles. The molecule has 190 valence electrons. The molecule has 4 heterocycles. The highest BCUT2D eigenvalue weighted by atomic mass is 32.1. The molecule has 1 unspecified atom stereocenters. The first-order valence-corrected chi connectivity index (χ1v) is 13.5. The highest BCUT2D eigenvalue weighted by Crippen LogP contribution is 2.43. The summed E-state index contributed by atoms with van der Waals surface area (Å²) in [4.78, 5) is 30.0. The Bertz CT molecular complexity index is 1290. The van der Waals surface area contributed by atoms with Crippen LogP contribution in [0.2, 0.25) is 0 Å². The van der Waals surface area contributed by atoms with Gasteiger partial charge in [0.2, 0.25) is 0 Å². The van der Waals surface area contributed by atoms with E-state index in [0.717, 1.165) is 65.6 Å². The highest BCUT2D eigenvalue weighted by molar-refractivity contribution is 7.13. The van der Waals surface area contributed by atoms with Crippen LogP contribution in [0.4, 0.5) is 0 Å². The van der Waals surface area contributed by atoms with Crippen LogP contribution in [-0.4, -0.2) is 41.9 Å². The van der Waals surface area contributed by atoms with E-state index in [9.17, 15) is 9.59 Å². The van der Waals surface area contributed by atoms with Crippen LogP contribution >= 0.6 is 11.3 Å². The van der Waals surface area contributed by atoms with E-state index < -0.39 is 5.97 Å². The van der Waals surface area contributed by atoms with E-state index in [-0.39, 0.29) is 23.6 Å². The molecular weight excluding hydrogens is 476 g/mol. The van der Waals surface area contributed by atoms with Gasteiger partial charge in [-0.3, -0.25) is 4.79 Å². The Morgan fingerprint density at radius 1 is 1.22 bits per heavy atom. The lowest BCUT2D eigenvalue weighted by molar-refractivity contribution is 0.0498. The van der Waals surface area contributed by atoms with E-state index >= 15 is 0 Å². The monoisotopic (exact) mass is 508 g/mol. The fourth-order valence-electron chi connectivity index (χ4n) is 5.08. The fourth-order valence-corrected chi connectivity index (χ4v) is 5.73. The zero-order chi connectivity index (χ0) is 25.2. The number of carbonyl (C=O) groups excluding carboxylic acids is 1. The maximum absolute atomic E-state index is 13.0. The maximum Gasteiger partial charge on any atom is 0.343 e. The van der Waals surface area contributed by atoms with Gasteiger partial charge in [0.25, 0.3) is 0 Å². The Balaban J connectivity index is 1.60. The molecule has 36 heavy (non-hydrogen) atoms. The van der Waals surface area contributed by atoms with E-state index in [2.05, 4.69) is 35.5 Å². The smallest absolute Gasteiger partial charge is 0.343 e. The average molecular weight is 509 g/mol. The summed E-state index contributed by atoms with van der Waals surface area (Å²) >= 11 is 1.56. The van der Waals surface area contributed by atoms with Crippen LogP contribution in [-0.2, 0) is 15.9 Å². The molecule has 5 rings (SSSR count). The van der Waals surface area contributed by atoms with Crippen molar-refractivity contribution in [3.63, 3.8) is 0 Å².